The molecule has 0 aliphatic heterocycles. The monoisotopic (exact) mass is 193 g/mol. The van der Waals surface area contributed by atoms with Gasteiger partial charge in [-0.1, -0.05) is 0 Å². The van der Waals surface area contributed by atoms with Crippen molar-refractivity contribution in [3.05, 3.63) is 22.4 Å². The lowest BCUT2D eigenvalue weighted by Crippen LogP contribution is -2.31. The van der Waals surface area contributed by atoms with Crippen molar-refractivity contribution >= 4 is 17.2 Å². The molecular weight excluding hydrogens is 182 g/mol. The minimum atomic E-state index is -0.0519. The predicted octanol–water partition coefficient (Wildman–Crippen LogP) is 1.89. The molecule has 2 nitrogen and oxygen atoms in total. The minimum absolute atomic E-state index is 0.0393. The van der Waals surface area contributed by atoms with Crippen LogP contribution in [0.5, 0.6) is 0 Å². The van der Waals surface area contributed by atoms with E-state index in [4.69, 9.17) is 6.42 Å². The SMILES string of the molecule is C#CCC(C)NC(=O)c1ccsc1. The summed E-state index contributed by atoms with van der Waals surface area (Å²) in [6.07, 6.45) is 5.69. The van der Waals surface area contributed by atoms with Gasteiger partial charge in [0.2, 0.25) is 0 Å². The molecule has 68 valence electrons. The van der Waals surface area contributed by atoms with Crippen LogP contribution in [0.1, 0.15) is 23.7 Å². The van der Waals surface area contributed by atoms with Crippen LogP contribution in [0.15, 0.2) is 16.8 Å². The Morgan fingerprint density at radius 3 is 3.15 bits per heavy atom. The van der Waals surface area contributed by atoms with Crippen molar-refractivity contribution in [3.63, 3.8) is 0 Å². The zero-order valence-corrected chi connectivity index (χ0v) is 8.23. The molecule has 0 saturated heterocycles. The highest BCUT2D eigenvalue weighted by molar-refractivity contribution is 7.08. The second kappa shape index (κ2) is 4.68. The number of rotatable bonds is 3. The number of carbonyl (C=O) groups is 1. The van der Waals surface area contributed by atoms with E-state index in [0.717, 1.165) is 0 Å². The number of hydrogen-bond acceptors (Lipinski definition) is 2. The molecule has 1 N–H and O–H groups in total. The van der Waals surface area contributed by atoms with Crippen molar-refractivity contribution in [1.29, 1.82) is 0 Å². The third-order valence-electron chi connectivity index (χ3n) is 1.58. The molecule has 0 aliphatic rings. The second-order valence-electron chi connectivity index (χ2n) is 2.79. The highest BCUT2D eigenvalue weighted by atomic mass is 32.1. The van der Waals surface area contributed by atoms with Gasteiger partial charge in [-0.3, -0.25) is 4.79 Å². The van der Waals surface area contributed by atoms with Gasteiger partial charge in [0, 0.05) is 23.4 Å². The van der Waals surface area contributed by atoms with Crippen molar-refractivity contribution in [3.8, 4) is 12.3 Å². The molecule has 0 radical (unpaired) electrons. The smallest absolute Gasteiger partial charge is 0.252 e. The first-order chi connectivity index (χ1) is 6.24. The summed E-state index contributed by atoms with van der Waals surface area (Å²) in [7, 11) is 0. The number of hydrogen-bond donors (Lipinski definition) is 1. The van der Waals surface area contributed by atoms with Crippen molar-refractivity contribution < 1.29 is 4.79 Å². The average molecular weight is 193 g/mol. The zero-order chi connectivity index (χ0) is 9.68. The minimum Gasteiger partial charge on any atom is -0.349 e. The van der Waals surface area contributed by atoms with Crippen molar-refractivity contribution in [2.75, 3.05) is 0 Å². The highest BCUT2D eigenvalue weighted by Gasteiger charge is 2.08. The second-order valence-corrected chi connectivity index (χ2v) is 3.57. The summed E-state index contributed by atoms with van der Waals surface area (Å²) in [5.41, 5.74) is 0.703. The van der Waals surface area contributed by atoms with Gasteiger partial charge in [-0.15, -0.1) is 12.3 Å². The molecule has 0 spiro atoms. The topological polar surface area (TPSA) is 29.1 Å². The molecule has 1 heterocycles. The Balaban J connectivity index is 2.48. The summed E-state index contributed by atoms with van der Waals surface area (Å²) in [6.45, 7) is 1.89. The average Bonchev–Trinajstić information content (AvgIpc) is 2.55. The van der Waals surface area contributed by atoms with Gasteiger partial charge in [-0.25, -0.2) is 0 Å². The molecule has 1 aromatic rings. The molecule has 1 unspecified atom stereocenters. The van der Waals surface area contributed by atoms with Gasteiger partial charge >= 0.3 is 0 Å². The lowest BCUT2D eigenvalue weighted by Gasteiger charge is -2.09. The van der Waals surface area contributed by atoms with E-state index in [2.05, 4.69) is 11.2 Å². The van der Waals surface area contributed by atoms with E-state index in [1.165, 1.54) is 11.3 Å². The summed E-state index contributed by atoms with van der Waals surface area (Å²) >= 11 is 1.51. The largest absolute Gasteiger partial charge is 0.349 e. The lowest BCUT2D eigenvalue weighted by atomic mass is 10.2. The maximum absolute atomic E-state index is 11.4. The molecule has 0 fully saturated rings. The van der Waals surface area contributed by atoms with Crippen LogP contribution in [-0.2, 0) is 0 Å². The van der Waals surface area contributed by atoms with Gasteiger partial charge in [-0.2, -0.15) is 11.3 Å². The quantitative estimate of drug-likeness (QED) is 0.730. The van der Waals surface area contributed by atoms with Gasteiger partial charge in [-0.05, 0) is 18.4 Å². The Bertz CT molecular complexity index is 310. The Morgan fingerprint density at radius 2 is 2.62 bits per heavy atom. The number of terminal acetylenes is 1. The molecular formula is C10H11NOS. The molecule has 1 aromatic heterocycles. The van der Waals surface area contributed by atoms with Crippen LogP contribution >= 0.6 is 11.3 Å². The third kappa shape index (κ3) is 2.92. The summed E-state index contributed by atoms with van der Waals surface area (Å²) < 4.78 is 0. The summed E-state index contributed by atoms with van der Waals surface area (Å²) in [4.78, 5) is 11.4. The van der Waals surface area contributed by atoms with Crippen molar-refractivity contribution in [2.24, 2.45) is 0 Å². The molecule has 0 aromatic carbocycles. The first kappa shape index (κ1) is 9.82. The zero-order valence-electron chi connectivity index (χ0n) is 7.41. The molecule has 1 rings (SSSR count). The molecule has 1 amide bonds. The molecule has 1 atom stereocenters. The summed E-state index contributed by atoms with van der Waals surface area (Å²) in [6, 6.07) is 1.83. The molecule has 0 bridgehead atoms. The number of nitrogens with one attached hydrogen (secondary N) is 1. The first-order valence-corrected chi connectivity index (χ1v) is 4.95. The molecule has 3 heteroatoms. The van der Waals surface area contributed by atoms with Crippen LogP contribution in [-0.4, -0.2) is 11.9 Å². The molecule has 13 heavy (non-hydrogen) atoms. The fraction of sp³-hybridized carbons (Fsp3) is 0.300. The van der Waals surface area contributed by atoms with Crippen LogP contribution in [0.4, 0.5) is 0 Å². The van der Waals surface area contributed by atoms with Crippen LogP contribution in [0.2, 0.25) is 0 Å². The van der Waals surface area contributed by atoms with Gasteiger partial charge in [0.05, 0.1) is 0 Å². The molecule has 0 aliphatic carbocycles. The fourth-order valence-corrected chi connectivity index (χ4v) is 1.56. The van der Waals surface area contributed by atoms with Crippen LogP contribution in [0.3, 0.4) is 0 Å². The number of carbonyl (C=O) groups excluding carboxylic acids is 1. The maximum Gasteiger partial charge on any atom is 0.252 e. The van der Waals surface area contributed by atoms with Gasteiger partial charge in [0.25, 0.3) is 5.91 Å². The third-order valence-corrected chi connectivity index (χ3v) is 2.27. The lowest BCUT2D eigenvalue weighted by molar-refractivity contribution is 0.0941. The number of thiophene rings is 1. The Labute approximate surface area is 82.0 Å². The van der Waals surface area contributed by atoms with Gasteiger partial charge < -0.3 is 5.32 Å². The van der Waals surface area contributed by atoms with E-state index >= 15 is 0 Å². The van der Waals surface area contributed by atoms with Crippen molar-refractivity contribution in [1.82, 2.24) is 5.32 Å². The van der Waals surface area contributed by atoms with Gasteiger partial charge in [0.1, 0.15) is 0 Å². The fourth-order valence-electron chi connectivity index (χ4n) is 0.929. The van der Waals surface area contributed by atoms with E-state index < -0.39 is 0 Å². The summed E-state index contributed by atoms with van der Waals surface area (Å²) in [5, 5.41) is 6.50. The van der Waals surface area contributed by atoms with E-state index in [9.17, 15) is 4.79 Å². The van der Waals surface area contributed by atoms with Crippen LogP contribution in [0.25, 0.3) is 0 Å². The van der Waals surface area contributed by atoms with Gasteiger partial charge in [0.15, 0.2) is 0 Å². The van der Waals surface area contributed by atoms with E-state index in [1.807, 2.05) is 17.7 Å². The number of amides is 1. The highest BCUT2D eigenvalue weighted by Crippen LogP contribution is 2.05. The van der Waals surface area contributed by atoms with E-state index in [-0.39, 0.29) is 11.9 Å². The van der Waals surface area contributed by atoms with Crippen LogP contribution in [0, 0.1) is 12.3 Å². The summed E-state index contributed by atoms with van der Waals surface area (Å²) in [5.74, 6) is 2.45. The Kier molecular flexibility index (Phi) is 3.53. The van der Waals surface area contributed by atoms with Crippen LogP contribution < -0.4 is 5.32 Å². The predicted molar refractivity (Wildman–Crippen MR) is 54.7 cm³/mol. The molecule has 0 saturated carbocycles. The standard InChI is InChI=1S/C10H11NOS/c1-3-4-8(2)11-10(12)9-5-6-13-7-9/h1,5-8H,4H2,2H3,(H,11,12). The van der Waals surface area contributed by atoms with E-state index in [0.29, 0.717) is 12.0 Å². The van der Waals surface area contributed by atoms with Crippen molar-refractivity contribution in [2.45, 2.75) is 19.4 Å². The van der Waals surface area contributed by atoms with E-state index in [1.54, 1.807) is 6.07 Å². The Hall–Kier alpha value is -1.27. The maximum atomic E-state index is 11.4. The Morgan fingerprint density at radius 1 is 1.85 bits per heavy atom. The normalized spacial score (nSPS) is 11.7. The first-order valence-electron chi connectivity index (χ1n) is 4.00.